The van der Waals surface area contributed by atoms with Gasteiger partial charge < -0.3 is 19.6 Å². The van der Waals surface area contributed by atoms with Gasteiger partial charge in [0.1, 0.15) is 12.9 Å². The Morgan fingerprint density at radius 2 is 1.91 bits per heavy atom. The number of piperidine rings is 2. The minimum absolute atomic E-state index is 0.215. The molecule has 2 fully saturated rings. The normalized spacial score (nSPS) is 22.1. The minimum atomic E-state index is -0.513. The van der Waals surface area contributed by atoms with Crippen molar-refractivity contribution < 1.29 is 14.6 Å². The third-order valence-electron chi connectivity index (χ3n) is 7.45. The Balaban J connectivity index is 1.14. The Hall–Kier alpha value is -2.78. The molecule has 170 valence electrons. The number of esters is 1. The van der Waals surface area contributed by atoms with E-state index < -0.39 is 6.10 Å². The number of likely N-dealkylation sites (tertiary alicyclic amines) is 2. The van der Waals surface area contributed by atoms with E-state index in [9.17, 15) is 9.90 Å². The van der Waals surface area contributed by atoms with Gasteiger partial charge >= 0.3 is 5.97 Å². The maximum Gasteiger partial charge on any atom is 0.333 e. The second kappa shape index (κ2) is 8.63. The summed E-state index contributed by atoms with van der Waals surface area (Å²) in [5, 5.41) is 22.2. The molecule has 5 rings (SSSR count). The molecule has 9 nitrogen and oxygen atoms in total. The molecule has 2 saturated heterocycles. The topological polar surface area (TPSA) is 96.6 Å². The Morgan fingerprint density at radius 3 is 2.53 bits per heavy atom. The summed E-state index contributed by atoms with van der Waals surface area (Å²) < 4.78 is 6.68. The highest BCUT2D eigenvalue weighted by Crippen LogP contribution is 2.42. The molecule has 1 atom stereocenters. The van der Waals surface area contributed by atoms with Gasteiger partial charge in [0.2, 0.25) is 0 Å². The number of ether oxygens (including phenoxy) is 1. The van der Waals surface area contributed by atoms with Crippen LogP contribution in [0.5, 0.6) is 0 Å². The smallest absolute Gasteiger partial charge is 0.333 e. The van der Waals surface area contributed by atoms with Crippen molar-refractivity contribution in [3.05, 3.63) is 47.4 Å². The lowest BCUT2D eigenvalue weighted by atomic mass is 9.71. The van der Waals surface area contributed by atoms with Crippen LogP contribution in [-0.2, 0) is 9.53 Å². The van der Waals surface area contributed by atoms with Crippen LogP contribution in [0.1, 0.15) is 42.9 Å². The van der Waals surface area contributed by atoms with E-state index in [1.165, 1.54) is 12.8 Å². The van der Waals surface area contributed by atoms with Gasteiger partial charge in [-0.1, -0.05) is 6.07 Å². The molecule has 1 spiro atoms. The van der Waals surface area contributed by atoms with Crippen molar-refractivity contribution in [2.75, 3.05) is 39.3 Å². The van der Waals surface area contributed by atoms with Gasteiger partial charge in [-0.25, -0.2) is 9.48 Å². The molecule has 0 saturated carbocycles. The number of aliphatic hydroxyl groups is 1. The summed E-state index contributed by atoms with van der Waals surface area (Å²) in [6, 6.07) is 5.93. The highest BCUT2D eigenvalue weighted by Gasteiger charge is 2.38. The van der Waals surface area contributed by atoms with Crippen molar-refractivity contribution in [2.45, 2.75) is 38.7 Å². The number of carbonyl (C=O) groups excluding carboxylic acids is 1. The van der Waals surface area contributed by atoms with Crippen LogP contribution in [0.25, 0.3) is 5.69 Å². The summed E-state index contributed by atoms with van der Waals surface area (Å²) in [4.78, 5) is 16.1. The molecule has 0 radical (unpaired) electrons. The van der Waals surface area contributed by atoms with E-state index in [4.69, 9.17) is 4.74 Å². The third kappa shape index (κ3) is 4.27. The summed E-state index contributed by atoms with van der Waals surface area (Å²) in [5.41, 5.74) is 4.31. The Morgan fingerprint density at radius 1 is 1.16 bits per heavy atom. The molecule has 1 aromatic heterocycles. The van der Waals surface area contributed by atoms with Crippen LogP contribution in [0.2, 0.25) is 0 Å². The second-order valence-corrected chi connectivity index (χ2v) is 9.34. The molecule has 2 aromatic rings. The molecule has 1 N–H and O–H groups in total. The van der Waals surface area contributed by atoms with Crippen LogP contribution in [0.3, 0.4) is 0 Å². The molecule has 0 aliphatic carbocycles. The van der Waals surface area contributed by atoms with Gasteiger partial charge in [0.25, 0.3) is 0 Å². The number of carbonyl (C=O) groups is 1. The molecule has 32 heavy (non-hydrogen) atoms. The second-order valence-electron chi connectivity index (χ2n) is 9.34. The van der Waals surface area contributed by atoms with Crippen molar-refractivity contribution in [2.24, 2.45) is 5.41 Å². The van der Waals surface area contributed by atoms with Gasteiger partial charge in [-0.3, -0.25) is 0 Å². The van der Waals surface area contributed by atoms with Crippen LogP contribution in [0.15, 0.2) is 36.3 Å². The molecular formula is C23H30N6O3. The molecule has 3 aliphatic heterocycles. The zero-order valence-corrected chi connectivity index (χ0v) is 18.5. The average molecular weight is 439 g/mol. The number of hydrogen-bond donors (Lipinski definition) is 1. The molecule has 1 unspecified atom stereocenters. The van der Waals surface area contributed by atoms with Gasteiger partial charge in [0, 0.05) is 25.7 Å². The quantitative estimate of drug-likeness (QED) is 0.704. The number of hydrogen-bond acceptors (Lipinski definition) is 8. The number of cyclic esters (lactones) is 1. The zero-order valence-electron chi connectivity index (χ0n) is 18.5. The number of aliphatic hydroxyl groups excluding tert-OH is 1. The number of aryl methyl sites for hydroxylation is 1. The van der Waals surface area contributed by atoms with E-state index in [1.807, 2.05) is 25.1 Å². The Bertz CT molecular complexity index is 987. The fourth-order valence-electron chi connectivity index (χ4n) is 5.32. The van der Waals surface area contributed by atoms with E-state index >= 15 is 0 Å². The van der Waals surface area contributed by atoms with Gasteiger partial charge in [0.05, 0.1) is 17.5 Å². The van der Waals surface area contributed by atoms with Crippen LogP contribution >= 0.6 is 0 Å². The van der Waals surface area contributed by atoms with E-state index in [0.717, 1.165) is 61.5 Å². The molecule has 9 heteroatoms. The summed E-state index contributed by atoms with van der Waals surface area (Å²) in [6.07, 6.45) is 7.34. The standard InChI is InChI=1S/C23H30N6O3/c1-17-12-18(29-16-24-25-26-29)2-3-20(17)21(30)14-27-8-4-23(5-9-27)6-10-28(11-7-23)19-13-22(31)32-15-19/h2-3,12-13,16,21,30H,4-11,14-15H2,1H3. The van der Waals surface area contributed by atoms with E-state index in [2.05, 4.69) is 25.3 Å². The highest BCUT2D eigenvalue weighted by molar-refractivity contribution is 5.85. The van der Waals surface area contributed by atoms with E-state index in [0.29, 0.717) is 18.6 Å². The number of tetrazole rings is 1. The largest absolute Gasteiger partial charge is 0.456 e. The number of nitrogens with zero attached hydrogens (tertiary/aromatic N) is 6. The van der Waals surface area contributed by atoms with Crippen molar-refractivity contribution in [3.63, 3.8) is 0 Å². The maximum absolute atomic E-state index is 11.3. The van der Waals surface area contributed by atoms with Crippen LogP contribution < -0.4 is 0 Å². The van der Waals surface area contributed by atoms with E-state index in [-0.39, 0.29) is 5.97 Å². The Labute approximate surface area is 187 Å². The van der Waals surface area contributed by atoms with Gasteiger partial charge in [-0.15, -0.1) is 5.10 Å². The fraction of sp³-hybridized carbons (Fsp3) is 0.565. The number of β-amino-alcohol motifs (C(OH)–C–C–N with tert-alkyl or cyclic N) is 1. The summed E-state index contributed by atoms with van der Waals surface area (Å²) >= 11 is 0. The number of benzene rings is 1. The van der Waals surface area contributed by atoms with Gasteiger partial charge in [-0.05, 0) is 84.8 Å². The first-order valence-corrected chi connectivity index (χ1v) is 11.4. The van der Waals surface area contributed by atoms with Crippen molar-refractivity contribution in [3.8, 4) is 5.69 Å². The number of rotatable bonds is 5. The molecule has 4 heterocycles. The summed E-state index contributed by atoms with van der Waals surface area (Å²) in [6.45, 7) is 7.12. The van der Waals surface area contributed by atoms with Crippen LogP contribution in [0, 0.1) is 12.3 Å². The minimum Gasteiger partial charge on any atom is -0.456 e. The number of aromatic nitrogens is 4. The maximum atomic E-state index is 11.3. The molecule has 0 amide bonds. The molecule has 1 aromatic carbocycles. The van der Waals surface area contributed by atoms with E-state index in [1.54, 1.807) is 17.1 Å². The first-order valence-electron chi connectivity index (χ1n) is 11.4. The molecule has 0 bridgehead atoms. The van der Waals surface area contributed by atoms with Crippen molar-refractivity contribution in [1.29, 1.82) is 0 Å². The highest BCUT2D eigenvalue weighted by atomic mass is 16.5. The lowest BCUT2D eigenvalue weighted by Crippen LogP contribution is -2.47. The first-order chi connectivity index (χ1) is 15.5. The fourth-order valence-corrected chi connectivity index (χ4v) is 5.32. The first kappa shape index (κ1) is 21.1. The van der Waals surface area contributed by atoms with Crippen molar-refractivity contribution in [1.82, 2.24) is 30.0 Å². The summed E-state index contributed by atoms with van der Waals surface area (Å²) in [5.74, 6) is -0.215. The lowest BCUT2D eigenvalue weighted by molar-refractivity contribution is -0.135. The predicted molar refractivity (Wildman–Crippen MR) is 117 cm³/mol. The van der Waals surface area contributed by atoms with Gasteiger partial charge in [0.15, 0.2) is 0 Å². The predicted octanol–water partition coefficient (Wildman–Crippen LogP) is 1.62. The molecular weight excluding hydrogens is 408 g/mol. The Kier molecular flexibility index (Phi) is 5.69. The third-order valence-corrected chi connectivity index (χ3v) is 7.45. The van der Waals surface area contributed by atoms with Crippen LogP contribution in [-0.4, -0.2) is 80.4 Å². The molecule has 3 aliphatic rings. The zero-order chi connectivity index (χ0) is 22.1. The SMILES string of the molecule is Cc1cc(-n2cnnn2)ccc1C(O)CN1CCC2(CC1)CCN(C1=CC(=O)OC1)CC2. The average Bonchev–Trinajstić information content (AvgIpc) is 3.48. The monoisotopic (exact) mass is 438 g/mol. The van der Waals surface area contributed by atoms with Gasteiger partial charge in [-0.2, -0.15) is 0 Å². The summed E-state index contributed by atoms with van der Waals surface area (Å²) in [7, 11) is 0. The lowest BCUT2D eigenvalue weighted by Gasteiger charge is -2.47. The van der Waals surface area contributed by atoms with Crippen LogP contribution in [0.4, 0.5) is 0 Å². The van der Waals surface area contributed by atoms with Crippen molar-refractivity contribution >= 4 is 5.97 Å².